The fraction of sp³-hybridized carbons (Fsp3) is 0.706. The monoisotopic (exact) mass is 324 g/mol. The number of ether oxygens (including phenoxy) is 2. The van der Waals surface area contributed by atoms with Gasteiger partial charge in [-0.2, -0.15) is 0 Å². The number of furan rings is 1. The van der Waals surface area contributed by atoms with Gasteiger partial charge in [-0.1, -0.05) is 0 Å². The predicted molar refractivity (Wildman–Crippen MR) is 87.2 cm³/mol. The van der Waals surface area contributed by atoms with Gasteiger partial charge in [0.1, 0.15) is 11.4 Å². The lowest BCUT2D eigenvalue weighted by Gasteiger charge is -2.33. The van der Waals surface area contributed by atoms with Gasteiger partial charge in [-0.25, -0.2) is 4.79 Å². The van der Waals surface area contributed by atoms with E-state index in [-0.39, 0.29) is 12.2 Å². The number of hydrogen-bond acceptors (Lipinski definition) is 5. The lowest BCUT2D eigenvalue weighted by Crippen LogP contribution is -2.43. The molecule has 2 rings (SSSR count). The summed E-state index contributed by atoms with van der Waals surface area (Å²) in [6, 6.07) is 3.83. The van der Waals surface area contributed by atoms with Crippen LogP contribution in [0, 0.1) is 0 Å². The second-order valence-corrected chi connectivity index (χ2v) is 6.79. The summed E-state index contributed by atoms with van der Waals surface area (Å²) in [6.45, 7) is 9.21. The summed E-state index contributed by atoms with van der Waals surface area (Å²) in [6.07, 6.45) is 3.39. The summed E-state index contributed by atoms with van der Waals surface area (Å²) in [5.74, 6) is 0.927. The molecule has 1 aliphatic rings. The van der Waals surface area contributed by atoms with Crippen molar-refractivity contribution in [2.75, 3.05) is 26.2 Å². The number of amides is 1. The molecule has 0 saturated carbocycles. The molecular weight excluding hydrogens is 296 g/mol. The Labute approximate surface area is 138 Å². The third-order valence-corrected chi connectivity index (χ3v) is 3.61. The molecule has 0 aromatic carbocycles. The van der Waals surface area contributed by atoms with E-state index in [2.05, 4.69) is 5.32 Å². The van der Waals surface area contributed by atoms with Crippen molar-refractivity contribution < 1.29 is 18.7 Å². The van der Waals surface area contributed by atoms with E-state index in [0.29, 0.717) is 26.2 Å². The lowest BCUT2D eigenvalue weighted by molar-refractivity contribution is -0.0105. The number of carbonyl (C=O) groups is 1. The summed E-state index contributed by atoms with van der Waals surface area (Å²) in [5.41, 5.74) is -0.440. The van der Waals surface area contributed by atoms with Crippen LogP contribution in [0.4, 0.5) is 4.79 Å². The molecule has 0 aliphatic carbocycles. The van der Waals surface area contributed by atoms with Gasteiger partial charge in [0.25, 0.3) is 0 Å². The maximum absolute atomic E-state index is 12.0. The van der Waals surface area contributed by atoms with Crippen LogP contribution in [-0.4, -0.2) is 48.9 Å². The Morgan fingerprint density at radius 1 is 1.39 bits per heavy atom. The largest absolute Gasteiger partial charge is 0.468 e. The van der Waals surface area contributed by atoms with Gasteiger partial charge in [0.05, 0.1) is 25.5 Å². The average Bonchev–Trinajstić information content (AvgIpc) is 2.99. The zero-order valence-corrected chi connectivity index (χ0v) is 14.3. The minimum absolute atomic E-state index is 0.221. The molecule has 0 unspecified atom stereocenters. The Balaban J connectivity index is 1.55. The maximum atomic E-state index is 12.0. The van der Waals surface area contributed by atoms with E-state index >= 15 is 0 Å². The van der Waals surface area contributed by atoms with Crippen molar-refractivity contribution in [3.05, 3.63) is 24.2 Å². The quantitative estimate of drug-likeness (QED) is 0.815. The Hall–Kier alpha value is -1.53. The molecular formula is C17H28N2O4. The molecule has 23 heavy (non-hydrogen) atoms. The number of nitrogens with one attached hydrogen (secondary N) is 1. The normalized spacial score (nSPS) is 16.6. The molecule has 0 bridgehead atoms. The number of nitrogens with zero attached hydrogens (tertiary/aromatic N) is 1. The minimum atomic E-state index is -0.440. The SMILES string of the molecule is CC(C)(C)OC(=O)N1CCC(OCCNCc2ccco2)CC1. The van der Waals surface area contributed by atoms with Crippen LogP contribution in [-0.2, 0) is 16.0 Å². The molecule has 1 amide bonds. The summed E-state index contributed by atoms with van der Waals surface area (Å²) in [5, 5.41) is 3.28. The van der Waals surface area contributed by atoms with Gasteiger partial charge < -0.3 is 24.1 Å². The molecule has 1 aliphatic heterocycles. The Morgan fingerprint density at radius 2 is 2.13 bits per heavy atom. The highest BCUT2D eigenvalue weighted by Crippen LogP contribution is 2.17. The molecule has 1 fully saturated rings. The molecule has 2 heterocycles. The van der Waals surface area contributed by atoms with Gasteiger partial charge in [-0.05, 0) is 45.7 Å². The van der Waals surface area contributed by atoms with Gasteiger partial charge in [0.2, 0.25) is 0 Å². The first-order valence-corrected chi connectivity index (χ1v) is 8.27. The molecule has 6 nitrogen and oxygen atoms in total. The average molecular weight is 324 g/mol. The van der Waals surface area contributed by atoms with Crippen molar-refractivity contribution in [3.8, 4) is 0 Å². The Bertz CT molecular complexity index is 459. The molecule has 0 atom stereocenters. The fourth-order valence-corrected chi connectivity index (χ4v) is 2.45. The fourth-order valence-electron chi connectivity index (χ4n) is 2.45. The van der Waals surface area contributed by atoms with Crippen LogP contribution >= 0.6 is 0 Å². The number of carbonyl (C=O) groups excluding carboxylic acids is 1. The summed E-state index contributed by atoms with van der Waals surface area (Å²) in [4.78, 5) is 13.7. The molecule has 0 spiro atoms. The molecule has 1 aromatic heterocycles. The highest BCUT2D eigenvalue weighted by Gasteiger charge is 2.26. The Kier molecular flexibility index (Phi) is 6.47. The highest BCUT2D eigenvalue weighted by atomic mass is 16.6. The van der Waals surface area contributed by atoms with Gasteiger partial charge >= 0.3 is 6.09 Å². The van der Waals surface area contributed by atoms with Gasteiger partial charge in [-0.15, -0.1) is 0 Å². The van der Waals surface area contributed by atoms with Crippen LogP contribution < -0.4 is 5.32 Å². The lowest BCUT2D eigenvalue weighted by atomic mass is 10.1. The maximum Gasteiger partial charge on any atom is 0.410 e. The van der Waals surface area contributed by atoms with Gasteiger partial charge in [0.15, 0.2) is 0 Å². The summed E-state index contributed by atoms with van der Waals surface area (Å²) < 4.78 is 16.5. The molecule has 0 radical (unpaired) electrons. The van der Waals surface area contributed by atoms with Crippen molar-refractivity contribution in [2.45, 2.75) is 51.9 Å². The highest BCUT2D eigenvalue weighted by molar-refractivity contribution is 5.68. The van der Waals surface area contributed by atoms with Crippen molar-refractivity contribution >= 4 is 6.09 Å². The number of hydrogen-bond donors (Lipinski definition) is 1. The topological polar surface area (TPSA) is 63.9 Å². The van der Waals surface area contributed by atoms with Crippen LogP contribution in [0.1, 0.15) is 39.4 Å². The number of piperidine rings is 1. The van der Waals surface area contributed by atoms with Gasteiger partial charge in [0, 0.05) is 19.6 Å². The minimum Gasteiger partial charge on any atom is -0.468 e. The van der Waals surface area contributed by atoms with Crippen molar-refractivity contribution in [1.82, 2.24) is 10.2 Å². The van der Waals surface area contributed by atoms with E-state index in [0.717, 1.165) is 25.1 Å². The van der Waals surface area contributed by atoms with E-state index < -0.39 is 5.60 Å². The third kappa shape index (κ3) is 6.62. The van der Waals surface area contributed by atoms with Crippen molar-refractivity contribution in [2.24, 2.45) is 0 Å². The van der Waals surface area contributed by atoms with Crippen LogP contribution in [0.5, 0.6) is 0 Å². The van der Waals surface area contributed by atoms with E-state index in [1.807, 2.05) is 32.9 Å². The van der Waals surface area contributed by atoms with Crippen LogP contribution in [0.15, 0.2) is 22.8 Å². The van der Waals surface area contributed by atoms with Crippen molar-refractivity contribution in [3.63, 3.8) is 0 Å². The summed E-state index contributed by atoms with van der Waals surface area (Å²) >= 11 is 0. The van der Waals surface area contributed by atoms with Crippen molar-refractivity contribution in [1.29, 1.82) is 0 Å². The number of likely N-dealkylation sites (tertiary alicyclic amines) is 1. The standard InChI is InChI=1S/C17H28N2O4/c1-17(2,3)23-16(20)19-9-6-14(7-10-19)22-12-8-18-13-15-5-4-11-21-15/h4-5,11,14,18H,6-10,12-13H2,1-3H3. The smallest absolute Gasteiger partial charge is 0.410 e. The predicted octanol–water partition coefficient (Wildman–Crippen LogP) is 2.79. The van der Waals surface area contributed by atoms with Crippen LogP contribution in [0.25, 0.3) is 0 Å². The van der Waals surface area contributed by atoms with Crippen LogP contribution in [0.3, 0.4) is 0 Å². The second-order valence-electron chi connectivity index (χ2n) is 6.79. The molecule has 1 aromatic rings. The second kappa shape index (κ2) is 8.36. The van der Waals surface area contributed by atoms with E-state index in [1.165, 1.54) is 0 Å². The first kappa shape index (κ1) is 17.8. The summed E-state index contributed by atoms with van der Waals surface area (Å²) in [7, 11) is 0. The Morgan fingerprint density at radius 3 is 2.74 bits per heavy atom. The first-order chi connectivity index (χ1) is 10.9. The van der Waals surface area contributed by atoms with Gasteiger partial charge in [-0.3, -0.25) is 0 Å². The zero-order valence-electron chi connectivity index (χ0n) is 14.3. The van der Waals surface area contributed by atoms with E-state index in [4.69, 9.17) is 13.9 Å². The van der Waals surface area contributed by atoms with Crippen LogP contribution in [0.2, 0.25) is 0 Å². The first-order valence-electron chi connectivity index (χ1n) is 8.27. The number of rotatable bonds is 6. The third-order valence-electron chi connectivity index (χ3n) is 3.61. The molecule has 130 valence electrons. The molecule has 6 heteroatoms. The zero-order chi connectivity index (χ0) is 16.7. The molecule has 1 saturated heterocycles. The molecule has 1 N–H and O–H groups in total. The van der Waals surface area contributed by atoms with E-state index in [9.17, 15) is 4.79 Å². The van der Waals surface area contributed by atoms with E-state index in [1.54, 1.807) is 11.2 Å².